The fourth-order valence-corrected chi connectivity index (χ4v) is 2.38. The highest BCUT2D eigenvalue weighted by atomic mass is 16.5. The third kappa shape index (κ3) is 2.60. The van der Waals surface area contributed by atoms with Gasteiger partial charge >= 0.3 is 5.97 Å². The number of hydrogen-bond donors (Lipinski definition) is 0. The van der Waals surface area contributed by atoms with Crippen LogP contribution in [0.15, 0.2) is 42.5 Å². The van der Waals surface area contributed by atoms with Crippen LogP contribution in [0.2, 0.25) is 0 Å². The second kappa shape index (κ2) is 6.37. The quantitative estimate of drug-likeness (QED) is 0.471. The van der Waals surface area contributed by atoms with E-state index in [0.29, 0.717) is 17.7 Å². The summed E-state index contributed by atoms with van der Waals surface area (Å²) in [6, 6.07) is 7.32. The summed E-state index contributed by atoms with van der Waals surface area (Å²) in [6.07, 6.45) is 1.64. The van der Waals surface area contributed by atoms with Gasteiger partial charge in [0.15, 0.2) is 0 Å². The van der Waals surface area contributed by atoms with E-state index in [4.69, 9.17) is 9.47 Å². The molecule has 0 saturated carbocycles. The van der Waals surface area contributed by atoms with Gasteiger partial charge in [0.05, 0.1) is 30.6 Å². The zero-order valence-electron chi connectivity index (χ0n) is 12.1. The summed E-state index contributed by atoms with van der Waals surface area (Å²) in [5, 5.41) is 0. The smallest absolute Gasteiger partial charge is 0.336 e. The van der Waals surface area contributed by atoms with Crippen LogP contribution in [0.5, 0.6) is 0 Å². The first-order valence-electron chi connectivity index (χ1n) is 6.48. The van der Waals surface area contributed by atoms with Crippen molar-refractivity contribution in [2.45, 2.75) is 0 Å². The number of nitrogens with zero attached hydrogens (tertiary/aromatic N) is 1. The number of amides is 1. The molecular formula is C16H17NO4. The summed E-state index contributed by atoms with van der Waals surface area (Å²) in [4.78, 5) is 26.2. The fourth-order valence-electron chi connectivity index (χ4n) is 2.38. The van der Waals surface area contributed by atoms with Crippen molar-refractivity contribution in [1.29, 1.82) is 0 Å². The SMILES string of the molecule is C=CCN1C(=O)/C(=C(/COC)C(=O)OC)c2ccccc21. The number of rotatable bonds is 5. The Labute approximate surface area is 123 Å². The minimum absolute atomic E-state index is 0.0179. The number of hydrogen-bond acceptors (Lipinski definition) is 4. The fraction of sp³-hybridized carbons (Fsp3) is 0.250. The Morgan fingerprint density at radius 3 is 2.67 bits per heavy atom. The molecule has 1 heterocycles. The molecule has 1 aromatic carbocycles. The van der Waals surface area contributed by atoms with Gasteiger partial charge in [-0.15, -0.1) is 6.58 Å². The zero-order chi connectivity index (χ0) is 15.4. The Hall–Kier alpha value is -2.40. The molecule has 5 nitrogen and oxygen atoms in total. The van der Waals surface area contributed by atoms with Crippen molar-refractivity contribution >= 4 is 23.1 Å². The highest BCUT2D eigenvalue weighted by molar-refractivity contribution is 6.36. The maximum atomic E-state index is 12.6. The van der Waals surface area contributed by atoms with Crippen molar-refractivity contribution in [2.24, 2.45) is 0 Å². The topological polar surface area (TPSA) is 55.8 Å². The number of carbonyl (C=O) groups is 2. The summed E-state index contributed by atoms with van der Waals surface area (Å²) in [5.74, 6) is -0.802. The van der Waals surface area contributed by atoms with E-state index < -0.39 is 5.97 Å². The van der Waals surface area contributed by atoms with Crippen LogP contribution in [-0.4, -0.2) is 39.2 Å². The normalized spacial score (nSPS) is 15.7. The van der Waals surface area contributed by atoms with Gasteiger partial charge in [0.2, 0.25) is 0 Å². The molecule has 0 atom stereocenters. The van der Waals surface area contributed by atoms with E-state index in [0.717, 1.165) is 5.69 Å². The standard InChI is InChI=1S/C16H17NO4/c1-4-9-17-13-8-6-5-7-11(13)14(15(17)18)12(10-20-2)16(19)21-3/h4-8H,1,9-10H2,2-3H3/b14-12-. The van der Waals surface area contributed by atoms with Crippen molar-refractivity contribution < 1.29 is 19.1 Å². The van der Waals surface area contributed by atoms with Gasteiger partial charge in [0.25, 0.3) is 5.91 Å². The molecule has 1 aromatic rings. The molecule has 0 aromatic heterocycles. The highest BCUT2D eigenvalue weighted by Crippen LogP contribution is 2.38. The van der Waals surface area contributed by atoms with E-state index in [9.17, 15) is 9.59 Å². The molecule has 0 radical (unpaired) electrons. The first-order valence-corrected chi connectivity index (χ1v) is 6.48. The molecule has 110 valence electrons. The molecule has 0 aliphatic carbocycles. The molecule has 5 heteroatoms. The molecule has 1 aliphatic heterocycles. The molecule has 0 N–H and O–H groups in total. The minimum atomic E-state index is -0.560. The number of anilines is 1. The average molecular weight is 287 g/mol. The third-order valence-electron chi connectivity index (χ3n) is 3.26. The molecule has 1 aliphatic rings. The first-order chi connectivity index (χ1) is 10.2. The Balaban J connectivity index is 2.64. The lowest BCUT2D eigenvalue weighted by Gasteiger charge is -2.14. The van der Waals surface area contributed by atoms with Crippen molar-refractivity contribution in [2.75, 3.05) is 32.3 Å². The van der Waals surface area contributed by atoms with Crippen LogP contribution < -0.4 is 4.90 Å². The number of esters is 1. The monoisotopic (exact) mass is 287 g/mol. The van der Waals surface area contributed by atoms with E-state index in [1.807, 2.05) is 24.3 Å². The van der Waals surface area contributed by atoms with Gasteiger partial charge in [-0.05, 0) is 6.07 Å². The van der Waals surface area contributed by atoms with Gasteiger partial charge in [-0.25, -0.2) is 4.79 Å². The number of methoxy groups -OCH3 is 2. The van der Waals surface area contributed by atoms with Crippen LogP contribution in [0.1, 0.15) is 5.56 Å². The van der Waals surface area contributed by atoms with Gasteiger partial charge in [0.1, 0.15) is 0 Å². The van der Waals surface area contributed by atoms with Crippen molar-refractivity contribution in [3.05, 3.63) is 48.1 Å². The Bertz CT molecular complexity index is 618. The molecule has 0 spiro atoms. The average Bonchev–Trinajstić information content (AvgIpc) is 2.77. The Kier molecular flexibility index (Phi) is 4.55. The van der Waals surface area contributed by atoms with E-state index in [1.54, 1.807) is 11.0 Å². The maximum absolute atomic E-state index is 12.6. The number of benzene rings is 1. The van der Waals surface area contributed by atoms with Crippen LogP contribution in [0.4, 0.5) is 5.69 Å². The zero-order valence-corrected chi connectivity index (χ0v) is 12.1. The van der Waals surface area contributed by atoms with E-state index >= 15 is 0 Å². The number of ether oxygens (including phenoxy) is 2. The highest BCUT2D eigenvalue weighted by Gasteiger charge is 2.35. The first kappa shape index (κ1) is 15.0. The molecule has 2 rings (SSSR count). The van der Waals surface area contributed by atoms with E-state index in [2.05, 4.69) is 6.58 Å². The van der Waals surface area contributed by atoms with Crippen molar-refractivity contribution in [3.8, 4) is 0 Å². The Morgan fingerprint density at radius 1 is 1.33 bits per heavy atom. The summed E-state index contributed by atoms with van der Waals surface area (Å²) < 4.78 is 9.82. The molecule has 0 saturated heterocycles. The second-order valence-corrected chi connectivity index (χ2v) is 4.50. The second-order valence-electron chi connectivity index (χ2n) is 4.50. The lowest BCUT2D eigenvalue weighted by atomic mass is 10.0. The summed E-state index contributed by atoms with van der Waals surface area (Å²) in [5.41, 5.74) is 2.03. The predicted molar refractivity (Wildman–Crippen MR) is 79.8 cm³/mol. The number of fused-ring (bicyclic) bond motifs is 1. The number of para-hydroxylation sites is 1. The molecule has 0 bridgehead atoms. The molecule has 21 heavy (non-hydrogen) atoms. The van der Waals surface area contributed by atoms with E-state index in [1.165, 1.54) is 14.2 Å². The predicted octanol–water partition coefficient (Wildman–Crippen LogP) is 1.79. The van der Waals surface area contributed by atoms with Gasteiger partial charge in [0, 0.05) is 19.2 Å². The van der Waals surface area contributed by atoms with Gasteiger partial charge < -0.3 is 14.4 Å². The largest absolute Gasteiger partial charge is 0.466 e. The van der Waals surface area contributed by atoms with Crippen LogP contribution in [0.25, 0.3) is 5.57 Å². The van der Waals surface area contributed by atoms with Crippen LogP contribution in [0.3, 0.4) is 0 Å². The molecule has 1 amide bonds. The minimum Gasteiger partial charge on any atom is -0.466 e. The van der Waals surface area contributed by atoms with Crippen LogP contribution in [-0.2, 0) is 19.1 Å². The summed E-state index contributed by atoms with van der Waals surface area (Å²) in [7, 11) is 2.75. The van der Waals surface area contributed by atoms with Gasteiger partial charge in [-0.2, -0.15) is 0 Å². The van der Waals surface area contributed by atoms with Crippen molar-refractivity contribution in [1.82, 2.24) is 0 Å². The third-order valence-corrected chi connectivity index (χ3v) is 3.26. The maximum Gasteiger partial charge on any atom is 0.336 e. The lowest BCUT2D eigenvalue weighted by molar-refractivity contribution is -0.136. The van der Waals surface area contributed by atoms with E-state index in [-0.39, 0.29) is 18.1 Å². The molecule has 0 fully saturated rings. The number of carbonyl (C=O) groups excluding carboxylic acids is 2. The van der Waals surface area contributed by atoms with Gasteiger partial charge in [-0.3, -0.25) is 4.79 Å². The van der Waals surface area contributed by atoms with Crippen molar-refractivity contribution in [3.63, 3.8) is 0 Å². The van der Waals surface area contributed by atoms with Gasteiger partial charge in [-0.1, -0.05) is 24.3 Å². The molecule has 0 unspecified atom stereocenters. The molecular weight excluding hydrogens is 270 g/mol. The van der Waals surface area contributed by atoms with Crippen LogP contribution in [0, 0.1) is 0 Å². The van der Waals surface area contributed by atoms with Crippen LogP contribution >= 0.6 is 0 Å². The summed E-state index contributed by atoms with van der Waals surface area (Å²) >= 11 is 0. The Morgan fingerprint density at radius 2 is 2.05 bits per heavy atom. The summed E-state index contributed by atoms with van der Waals surface area (Å²) in [6.45, 7) is 4.06. The lowest BCUT2D eigenvalue weighted by Crippen LogP contribution is -2.27.